The first-order chi connectivity index (χ1) is 5.20. The maximum absolute atomic E-state index is 5.18. The van der Waals surface area contributed by atoms with Crippen LogP contribution < -0.4 is 0 Å². The Balaban J connectivity index is 1.75. The quantitative estimate of drug-likeness (QED) is 0.546. The molecule has 0 saturated carbocycles. The summed E-state index contributed by atoms with van der Waals surface area (Å²) in [6.07, 6.45) is 0. The molecule has 2 aliphatic heterocycles. The normalized spacial score (nSPS) is 27.7. The first kappa shape index (κ1) is 7.32. The molecule has 0 aromatic heterocycles. The van der Waals surface area contributed by atoms with E-state index >= 15 is 0 Å². The molecule has 0 bridgehead atoms. The summed E-state index contributed by atoms with van der Waals surface area (Å²) in [6.45, 7) is 11.5. The Morgan fingerprint density at radius 3 is 2.55 bits per heavy atom. The molecular weight excluding hydrogens is 138 g/mol. The number of rotatable bonds is 2. The van der Waals surface area contributed by atoms with Gasteiger partial charge in [0.2, 0.25) is 0 Å². The zero-order valence-electron chi connectivity index (χ0n) is 7.10. The van der Waals surface area contributed by atoms with Gasteiger partial charge in [-0.3, -0.25) is 4.90 Å². The second-order valence-corrected chi connectivity index (χ2v) is 4.10. The van der Waals surface area contributed by atoms with Crippen LogP contribution in [0.15, 0.2) is 12.2 Å². The Kier molecular flexibility index (Phi) is 1.55. The lowest BCUT2D eigenvalue weighted by Gasteiger charge is -2.55. The number of ether oxygens (including phenoxy) is 1. The molecule has 0 unspecified atom stereocenters. The highest BCUT2D eigenvalue weighted by molar-refractivity contribution is 5.03. The lowest BCUT2D eigenvalue weighted by Crippen LogP contribution is -2.65. The maximum Gasteiger partial charge on any atom is 0.0569 e. The minimum Gasteiger partial charge on any atom is -0.380 e. The molecule has 0 atom stereocenters. The number of nitrogens with zero attached hydrogens (tertiary/aromatic N) is 1. The molecule has 0 N–H and O–H groups in total. The number of hydrogen-bond acceptors (Lipinski definition) is 2. The van der Waals surface area contributed by atoms with Crippen LogP contribution in [0.4, 0.5) is 0 Å². The van der Waals surface area contributed by atoms with E-state index in [1.165, 1.54) is 18.7 Å². The third kappa shape index (κ3) is 1.21. The predicted molar refractivity (Wildman–Crippen MR) is 44.5 cm³/mol. The Morgan fingerprint density at radius 2 is 2.18 bits per heavy atom. The molecule has 0 aromatic carbocycles. The fourth-order valence-corrected chi connectivity index (χ4v) is 1.97. The summed E-state index contributed by atoms with van der Waals surface area (Å²) in [7, 11) is 0. The van der Waals surface area contributed by atoms with Crippen molar-refractivity contribution in [2.45, 2.75) is 6.92 Å². The van der Waals surface area contributed by atoms with Crippen molar-refractivity contribution in [1.29, 1.82) is 0 Å². The van der Waals surface area contributed by atoms with Crippen LogP contribution in [0.25, 0.3) is 0 Å². The Labute approximate surface area is 67.8 Å². The van der Waals surface area contributed by atoms with Crippen molar-refractivity contribution < 1.29 is 4.74 Å². The third-order valence-electron chi connectivity index (χ3n) is 2.43. The van der Waals surface area contributed by atoms with Gasteiger partial charge in [-0.2, -0.15) is 0 Å². The Bertz CT molecular complexity index is 176. The highest BCUT2D eigenvalue weighted by Gasteiger charge is 2.48. The van der Waals surface area contributed by atoms with Gasteiger partial charge in [0, 0.05) is 25.0 Å². The zero-order chi connectivity index (χ0) is 7.90. The molecular formula is C9H15NO. The van der Waals surface area contributed by atoms with Crippen molar-refractivity contribution in [3.63, 3.8) is 0 Å². The van der Waals surface area contributed by atoms with Gasteiger partial charge in [0.25, 0.3) is 0 Å². The van der Waals surface area contributed by atoms with Gasteiger partial charge in [0.15, 0.2) is 0 Å². The van der Waals surface area contributed by atoms with E-state index in [1.54, 1.807) is 0 Å². The van der Waals surface area contributed by atoms with E-state index in [0.717, 1.165) is 19.8 Å². The van der Waals surface area contributed by atoms with E-state index in [4.69, 9.17) is 4.74 Å². The first-order valence-electron chi connectivity index (χ1n) is 4.15. The largest absolute Gasteiger partial charge is 0.380 e. The topological polar surface area (TPSA) is 12.5 Å². The summed E-state index contributed by atoms with van der Waals surface area (Å²) < 4.78 is 5.18. The van der Waals surface area contributed by atoms with Crippen molar-refractivity contribution in [2.75, 3.05) is 32.8 Å². The van der Waals surface area contributed by atoms with E-state index in [9.17, 15) is 0 Å². The summed E-state index contributed by atoms with van der Waals surface area (Å²) in [5.41, 5.74) is 1.83. The van der Waals surface area contributed by atoms with Gasteiger partial charge in [0.05, 0.1) is 13.2 Å². The summed E-state index contributed by atoms with van der Waals surface area (Å²) in [5.74, 6) is 0. The minimum atomic E-state index is 0.565. The van der Waals surface area contributed by atoms with Crippen molar-refractivity contribution in [1.82, 2.24) is 4.90 Å². The van der Waals surface area contributed by atoms with Crippen LogP contribution in [0.2, 0.25) is 0 Å². The average Bonchev–Trinajstić information content (AvgIpc) is 1.71. The molecule has 2 heterocycles. The lowest BCUT2D eigenvalue weighted by atomic mass is 9.78. The highest BCUT2D eigenvalue weighted by Crippen LogP contribution is 2.37. The molecule has 11 heavy (non-hydrogen) atoms. The van der Waals surface area contributed by atoms with Crippen molar-refractivity contribution in [3.8, 4) is 0 Å². The van der Waals surface area contributed by atoms with Gasteiger partial charge in [-0.15, -0.1) is 0 Å². The second kappa shape index (κ2) is 2.32. The molecule has 2 saturated heterocycles. The minimum absolute atomic E-state index is 0.565. The molecule has 0 radical (unpaired) electrons. The molecule has 2 aliphatic rings. The van der Waals surface area contributed by atoms with Crippen molar-refractivity contribution in [3.05, 3.63) is 12.2 Å². The summed E-state index contributed by atoms with van der Waals surface area (Å²) in [5, 5.41) is 0. The van der Waals surface area contributed by atoms with E-state index in [1.807, 2.05) is 0 Å². The molecule has 2 nitrogen and oxygen atoms in total. The summed E-state index contributed by atoms with van der Waals surface area (Å²) >= 11 is 0. The number of hydrogen-bond donors (Lipinski definition) is 0. The SMILES string of the molecule is C=C(C)CN1CC2(COC2)C1. The lowest BCUT2D eigenvalue weighted by molar-refractivity contribution is -0.186. The molecule has 0 aliphatic carbocycles. The van der Waals surface area contributed by atoms with Crippen LogP contribution in [0.5, 0.6) is 0 Å². The standard InChI is InChI=1S/C9H15NO/c1-8(2)3-10-4-9(5-10)6-11-7-9/h1,3-7H2,2H3. The van der Waals surface area contributed by atoms with E-state index in [2.05, 4.69) is 18.4 Å². The van der Waals surface area contributed by atoms with E-state index in [-0.39, 0.29) is 0 Å². The highest BCUT2D eigenvalue weighted by atomic mass is 16.5. The van der Waals surface area contributed by atoms with Gasteiger partial charge >= 0.3 is 0 Å². The first-order valence-corrected chi connectivity index (χ1v) is 4.15. The fourth-order valence-electron chi connectivity index (χ4n) is 1.97. The fraction of sp³-hybridized carbons (Fsp3) is 0.778. The number of likely N-dealkylation sites (tertiary alicyclic amines) is 1. The smallest absolute Gasteiger partial charge is 0.0569 e. The van der Waals surface area contributed by atoms with Crippen molar-refractivity contribution in [2.24, 2.45) is 5.41 Å². The van der Waals surface area contributed by atoms with Crippen LogP contribution in [0.3, 0.4) is 0 Å². The molecule has 0 amide bonds. The third-order valence-corrected chi connectivity index (χ3v) is 2.43. The van der Waals surface area contributed by atoms with Gasteiger partial charge < -0.3 is 4.74 Å². The monoisotopic (exact) mass is 153 g/mol. The van der Waals surface area contributed by atoms with Gasteiger partial charge in [-0.05, 0) is 6.92 Å². The van der Waals surface area contributed by atoms with Crippen molar-refractivity contribution >= 4 is 0 Å². The second-order valence-electron chi connectivity index (χ2n) is 4.10. The molecule has 2 fully saturated rings. The van der Waals surface area contributed by atoms with Crippen LogP contribution in [0, 0.1) is 5.41 Å². The predicted octanol–water partition coefficient (Wildman–Crippen LogP) is 0.895. The molecule has 2 rings (SSSR count). The van der Waals surface area contributed by atoms with Crippen LogP contribution in [-0.4, -0.2) is 37.7 Å². The summed E-state index contributed by atoms with van der Waals surface area (Å²) in [4.78, 5) is 2.44. The maximum atomic E-state index is 5.18. The van der Waals surface area contributed by atoms with Crippen LogP contribution >= 0.6 is 0 Å². The Morgan fingerprint density at radius 1 is 1.55 bits per heavy atom. The molecule has 1 spiro atoms. The average molecular weight is 153 g/mol. The van der Waals surface area contributed by atoms with Gasteiger partial charge in [-0.25, -0.2) is 0 Å². The Hall–Kier alpha value is -0.340. The molecule has 0 aromatic rings. The van der Waals surface area contributed by atoms with Gasteiger partial charge in [-0.1, -0.05) is 12.2 Å². The molecule has 2 heteroatoms. The van der Waals surface area contributed by atoms with E-state index in [0.29, 0.717) is 5.41 Å². The van der Waals surface area contributed by atoms with Crippen LogP contribution in [0.1, 0.15) is 6.92 Å². The van der Waals surface area contributed by atoms with Gasteiger partial charge in [0.1, 0.15) is 0 Å². The molecule has 62 valence electrons. The van der Waals surface area contributed by atoms with E-state index < -0.39 is 0 Å². The summed E-state index contributed by atoms with van der Waals surface area (Å²) in [6, 6.07) is 0. The zero-order valence-corrected chi connectivity index (χ0v) is 7.10. The van der Waals surface area contributed by atoms with Crippen LogP contribution in [-0.2, 0) is 4.74 Å².